The number of nitrogens with zero attached hydrogens (tertiary/aromatic N) is 1. The van der Waals surface area contributed by atoms with E-state index >= 15 is 0 Å². The van der Waals surface area contributed by atoms with Gasteiger partial charge >= 0.3 is 0 Å². The van der Waals surface area contributed by atoms with Crippen LogP contribution in [0.1, 0.15) is 0 Å². The topological polar surface area (TPSA) is 64.2 Å². The molecule has 1 N–H and O–H groups in total. The van der Waals surface area contributed by atoms with E-state index in [1.165, 1.54) is 0 Å². The Labute approximate surface area is 137 Å². The first kappa shape index (κ1) is 14.3. The summed E-state index contributed by atoms with van der Waals surface area (Å²) in [6.45, 7) is 0. The smallest absolute Gasteiger partial charge is 0.257 e. The zero-order valence-corrected chi connectivity index (χ0v) is 12.9. The van der Waals surface area contributed by atoms with Crippen LogP contribution in [0.25, 0.3) is 21.8 Å². The summed E-state index contributed by atoms with van der Waals surface area (Å²) in [5.41, 5.74) is 0.344. The van der Waals surface area contributed by atoms with Gasteiger partial charge in [-0.15, -0.1) is 0 Å². The Morgan fingerprint density at radius 3 is 2.38 bits per heavy atom. The quantitative estimate of drug-likeness (QED) is 0.582. The molecule has 0 bridgehead atoms. The highest BCUT2D eigenvalue weighted by Gasteiger charge is 2.11. The van der Waals surface area contributed by atoms with Crippen LogP contribution in [-0.4, -0.2) is 17.1 Å². The van der Waals surface area contributed by atoms with Crippen LogP contribution in [0.4, 0.5) is 0 Å². The first-order chi connectivity index (χ1) is 11.8. The third-order valence-electron chi connectivity index (χ3n) is 3.87. The Balaban J connectivity index is 1.91. The van der Waals surface area contributed by atoms with Crippen LogP contribution < -0.4 is 15.0 Å². The molecule has 0 unspecified atom stereocenters. The average molecular weight is 318 g/mol. The molecule has 0 spiro atoms. The Morgan fingerprint density at radius 2 is 1.62 bits per heavy atom. The summed E-state index contributed by atoms with van der Waals surface area (Å²) < 4.78 is 11.2. The molecule has 118 valence electrons. The zero-order valence-electron chi connectivity index (χ0n) is 12.9. The number of hydrogen-bond donors (Lipinski definition) is 1. The molecule has 5 heteroatoms. The Morgan fingerprint density at radius 1 is 0.917 bits per heavy atom. The lowest BCUT2D eigenvalue weighted by Gasteiger charge is -2.11. The normalized spacial score (nSPS) is 10.9. The number of fused-ring (bicyclic) bond motifs is 3. The van der Waals surface area contributed by atoms with Gasteiger partial charge in [-0.25, -0.2) is 4.98 Å². The van der Waals surface area contributed by atoms with Crippen molar-refractivity contribution >= 4 is 21.8 Å². The molecule has 0 radical (unpaired) electrons. The lowest BCUT2D eigenvalue weighted by molar-refractivity contribution is 0.413. The van der Waals surface area contributed by atoms with Gasteiger partial charge in [0.2, 0.25) is 0 Å². The maximum absolute atomic E-state index is 12.2. The van der Waals surface area contributed by atoms with Gasteiger partial charge in [-0.2, -0.15) is 0 Å². The van der Waals surface area contributed by atoms with E-state index in [2.05, 4.69) is 9.97 Å². The molecule has 24 heavy (non-hydrogen) atoms. The minimum atomic E-state index is -0.160. The van der Waals surface area contributed by atoms with Gasteiger partial charge in [0.05, 0.1) is 12.5 Å². The van der Waals surface area contributed by atoms with E-state index in [0.717, 1.165) is 16.5 Å². The fourth-order valence-electron chi connectivity index (χ4n) is 2.73. The molecule has 0 aliphatic rings. The molecule has 2 aromatic heterocycles. The Bertz CT molecular complexity index is 1090. The van der Waals surface area contributed by atoms with Crippen molar-refractivity contribution in [3.63, 3.8) is 0 Å². The van der Waals surface area contributed by atoms with E-state index < -0.39 is 0 Å². The van der Waals surface area contributed by atoms with Crippen LogP contribution >= 0.6 is 0 Å². The number of ether oxygens (including phenoxy) is 2. The second-order valence-corrected chi connectivity index (χ2v) is 5.31. The van der Waals surface area contributed by atoms with Gasteiger partial charge in [-0.1, -0.05) is 18.2 Å². The number of benzene rings is 2. The van der Waals surface area contributed by atoms with Crippen LogP contribution in [0.5, 0.6) is 17.2 Å². The Kier molecular flexibility index (Phi) is 3.39. The van der Waals surface area contributed by atoms with Crippen molar-refractivity contribution < 1.29 is 9.47 Å². The van der Waals surface area contributed by atoms with Crippen LogP contribution in [-0.2, 0) is 0 Å². The van der Waals surface area contributed by atoms with Crippen molar-refractivity contribution in [1.82, 2.24) is 9.97 Å². The molecule has 4 rings (SSSR count). The van der Waals surface area contributed by atoms with E-state index in [4.69, 9.17) is 9.47 Å². The molecule has 0 fully saturated rings. The second-order valence-electron chi connectivity index (χ2n) is 5.31. The number of pyridine rings is 2. The molecule has 5 nitrogen and oxygen atoms in total. The van der Waals surface area contributed by atoms with E-state index in [1.54, 1.807) is 25.4 Å². The molecule has 2 heterocycles. The summed E-state index contributed by atoms with van der Waals surface area (Å²) in [5.74, 6) is 2.08. The predicted molar refractivity (Wildman–Crippen MR) is 92.9 cm³/mol. The predicted octanol–water partition coefficient (Wildman–Crippen LogP) is 3.88. The first-order valence-electron chi connectivity index (χ1n) is 7.48. The number of nitrogens with one attached hydrogen (secondary N) is 1. The summed E-state index contributed by atoms with van der Waals surface area (Å²) in [6.07, 6.45) is 1.62. The number of aromatic amines is 1. The molecule has 0 aliphatic heterocycles. The molecular formula is C19H14N2O3. The first-order valence-corrected chi connectivity index (χ1v) is 7.48. The number of aromatic nitrogens is 2. The van der Waals surface area contributed by atoms with Crippen LogP contribution in [0.2, 0.25) is 0 Å². The summed E-state index contributed by atoms with van der Waals surface area (Å²) in [6, 6.07) is 16.5. The maximum atomic E-state index is 12.2. The molecule has 0 atom stereocenters. The van der Waals surface area contributed by atoms with E-state index in [1.807, 2.05) is 42.5 Å². The van der Waals surface area contributed by atoms with Gasteiger partial charge in [-0.05, 0) is 36.4 Å². The van der Waals surface area contributed by atoms with Gasteiger partial charge in [0.1, 0.15) is 22.9 Å². The third-order valence-corrected chi connectivity index (χ3v) is 3.87. The van der Waals surface area contributed by atoms with Crippen LogP contribution in [0.3, 0.4) is 0 Å². The molecule has 4 aromatic rings. The number of hydrogen-bond acceptors (Lipinski definition) is 4. The molecule has 0 saturated carbocycles. The minimum Gasteiger partial charge on any atom is -0.497 e. The molecule has 0 saturated heterocycles. The van der Waals surface area contributed by atoms with E-state index in [-0.39, 0.29) is 5.56 Å². The fourth-order valence-corrected chi connectivity index (χ4v) is 2.73. The summed E-state index contributed by atoms with van der Waals surface area (Å²) in [7, 11) is 1.62. The lowest BCUT2D eigenvalue weighted by atomic mass is 10.1. The van der Waals surface area contributed by atoms with Crippen molar-refractivity contribution in [2.45, 2.75) is 0 Å². The van der Waals surface area contributed by atoms with Crippen molar-refractivity contribution in [2.24, 2.45) is 0 Å². The van der Waals surface area contributed by atoms with Crippen molar-refractivity contribution in [3.8, 4) is 17.2 Å². The van der Waals surface area contributed by atoms with Crippen LogP contribution in [0.15, 0.2) is 65.6 Å². The van der Waals surface area contributed by atoms with Gasteiger partial charge in [0.25, 0.3) is 5.56 Å². The molecule has 0 aliphatic carbocycles. The maximum Gasteiger partial charge on any atom is 0.257 e. The standard InChI is InChI=1S/C19H14N2O3/c1-23-12-6-8-13(9-7-12)24-16-10-11-20-18-17(16)14-4-2-3-5-15(14)19(22)21-18/h2-11H,1H3,(H,20,21,22). The van der Waals surface area contributed by atoms with Crippen molar-refractivity contribution in [2.75, 3.05) is 7.11 Å². The number of rotatable bonds is 3. The number of methoxy groups -OCH3 is 1. The third kappa shape index (κ3) is 2.36. The minimum absolute atomic E-state index is 0.160. The van der Waals surface area contributed by atoms with E-state index in [0.29, 0.717) is 22.5 Å². The van der Waals surface area contributed by atoms with Crippen molar-refractivity contribution in [3.05, 3.63) is 71.1 Å². The SMILES string of the molecule is COc1ccc(Oc2ccnc3[nH]c(=O)c4ccccc4c23)cc1. The highest BCUT2D eigenvalue weighted by molar-refractivity contribution is 6.07. The average Bonchev–Trinajstić information content (AvgIpc) is 2.62. The lowest BCUT2D eigenvalue weighted by Crippen LogP contribution is -2.07. The van der Waals surface area contributed by atoms with Crippen LogP contribution in [0, 0.1) is 0 Å². The largest absolute Gasteiger partial charge is 0.497 e. The van der Waals surface area contributed by atoms with E-state index in [9.17, 15) is 4.79 Å². The second kappa shape index (κ2) is 5.70. The monoisotopic (exact) mass is 318 g/mol. The Hall–Kier alpha value is -3.34. The summed E-state index contributed by atoms with van der Waals surface area (Å²) in [4.78, 5) is 19.3. The fraction of sp³-hybridized carbons (Fsp3) is 0.0526. The van der Waals surface area contributed by atoms with Crippen molar-refractivity contribution in [1.29, 1.82) is 0 Å². The van der Waals surface area contributed by atoms with Gasteiger partial charge in [0, 0.05) is 17.0 Å². The van der Waals surface area contributed by atoms with Gasteiger partial charge in [0.15, 0.2) is 0 Å². The summed E-state index contributed by atoms with van der Waals surface area (Å²) >= 11 is 0. The zero-order chi connectivity index (χ0) is 16.5. The highest BCUT2D eigenvalue weighted by atomic mass is 16.5. The van der Waals surface area contributed by atoms with Gasteiger partial charge < -0.3 is 14.5 Å². The molecule has 2 aromatic carbocycles. The van der Waals surface area contributed by atoms with Gasteiger partial charge in [-0.3, -0.25) is 4.79 Å². The summed E-state index contributed by atoms with van der Waals surface area (Å²) in [5, 5.41) is 2.20. The number of H-pyrrole nitrogens is 1. The molecule has 0 amide bonds. The highest BCUT2D eigenvalue weighted by Crippen LogP contribution is 2.32. The molecular weight excluding hydrogens is 304 g/mol.